The van der Waals surface area contributed by atoms with Crippen molar-refractivity contribution in [2.45, 2.75) is 55.5 Å². The van der Waals surface area contributed by atoms with Gasteiger partial charge in [-0.3, -0.25) is 9.59 Å². The number of hydrogen-bond acceptors (Lipinski definition) is 7. The molecular weight excluding hydrogens is 534 g/mol. The maximum absolute atomic E-state index is 14.0. The molecule has 0 unspecified atom stereocenters. The molecule has 0 saturated heterocycles. The van der Waals surface area contributed by atoms with Crippen LogP contribution in [0.25, 0.3) is 27.8 Å². The molecule has 2 saturated carbocycles. The number of furan rings is 1. The number of hydrogen-bond donors (Lipinski definition) is 2. The van der Waals surface area contributed by atoms with Crippen molar-refractivity contribution >= 4 is 22.8 Å². The van der Waals surface area contributed by atoms with Crippen molar-refractivity contribution < 1.29 is 27.5 Å². The molecule has 0 atom stereocenters. The summed E-state index contributed by atoms with van der Waals surface area (Å²) in [5.74, 6) is -3.71. The Morgan fingerprint density at radius 1 is 1.02 bits per heavy atom. The van der Waals surface area contributed by atoms with Gasteiger partial charge in [0.2, 0.25) is 11.8 Å². The maximum atomic E-state index is 14.0. The summed E-state index contributed by atoms with van der Waals surface area (Å²) in [5, 5.41) is 19.6. The third-order valence-electron chi connectivity index (χ3n) is 7.86. The number of amides is 2. The standard InChI is InChI=1S/C29H26F2N6O4/c1-40-23-13-19(4-5-21(23)37-17-33-16-34-37)18-2-3-20-14-24(41-22(20)12-18)25(38)35-28(8-10-29(30,31)11-9-28)26(39)36-27(15-32)6-7-27/h2-5,12-14,16-17H,6-11H2,1H3,(H,35,38)(H,36,39). The molecule has 12 heteroatoms. The van der Waals surface area contributed by atoms with Crippen molar-refractivity contribution in [1.29, 1.82) is 5.26 Å². The van der Waals surface area contributed by atoms with Gasteiger partial charge in [-0.15, -0.1) is 0 Å². The molecule has 2 fully saturated rings. The van der Waals surface area contributed by atoms with E-state index in [0.717, 1.165) is 11.1 Å². The van der Waals surface area contributed by atoms with Gasteiger partial charge in [0.1, 0.15) is 40.8 Å². The Kier molecular flexibility index (Phi) is 6.25. The predicted molar refractivity (Wildman–Crippen MR) is 142 cm³/mol. The Morgan fingerprint density at radius 3 is 2.41 bits per heavy atom. The molecule has 10 nitrogen and oxygen atoms in total. The molecule has 2 N–H and O–H groups in total. The Hall–Kier alpha value is -4.79. The number of nitrogens with zero attached hydrogens (tertiary/aromatic N) is 4. The van der Waals surface area contributed by atoms with Crippen LogP contribution in [0.5, 0.6) is 5.75 Å². The van der Waals surface area contributed by atoms with E-state index in [9.17, 15) is 23.6 Å². The fourth-order valence-corrected chi connectivity index (χ4v) is 5.16. The van der Waals surface area contributed by atoms with Crippen molar-refractivity contribution in [3.05, 3.63) is 60.9 Å². The maximum Gasteiger partial charge on any atom is 0.287 e. The molecule has 0 radical (unpaired) electrons. The minimum Gasteiger partial charge on any atom is -0.494 e. The van der Waals surface area contributed by atoms with Crippen LogP contribution in [0.1, 0.15) is 49.1 Å². The molecule has 2 aromatic heterocycles. The largest absolute Gasteiger partial charge is 0.494 e. The Morgan fingerprint density at radius 2 is 1.76 bits per heavy atom. The van der Waals surface area contributed by atoms with Gasteiger partial charge in [0, 0.05) is 18.2 Å². The van der Waals surface area contributed by atoms with Gasteiger partial charge in [0.05, 0.1) is 13.2 Å². The van der Waals surface area contributed by atoms with Crippen LogP contribution < -0.4 is 15.4 Å². The van der Waals surface area contributed by atoms with E-state index in [4.69, 9.17) is 9.15 Å². The fraction of sp³-hybridized carbons (Fsp3) is 0.345. The number of carbonyl (C=O) groups is 2. The first-order valence-corrected chi connectivity index (χ1v) is 13.2. The minimum absolute atomic E-state index is 0.0535. The van der Waals surface area contributed by atoms with Crippen LogP contribution in [-0.4, -0.2) is 50.7 Å². The number of aromatic nitrogens is 3. The third-order valence-corrected chi connectivity index (χ3v) is 7.86. The number of rotatable bonds is 7. The van der Waals surface area contributed by atoms with E-state index < -0.39 is 41.7 Å². The summed E-state index contributed by atoms with van der Waals surface area (Å²) >= 11 is 0. The second-order valence-electron chi connectivity index (χ2n) is 10.6. The van der Waals surface area contributed by atoms with Crippen LogP contribution in [-0.2, 0) is 4.79 Å². The van der Waals surface area contributed by atoms with Gasteiger partial charge in [-0.2, -0.15) is 10.4 Å². The van der Waals surface area contributed by atoms with Crippen LogP contribution >= 0.6 is 0 Å². The summed E-state index contributed by atoms with van der Waals surface area (Å²) in [5.41, 5.74) is 0.215. The van der Waals surface area contributed by atoms with Crippen molar-refractivity contribution in [3.8, 4) is 28.6 Å². The number of ether oxygens (including phenoxy) is 1. The molecule has 4 aromatic rings. The average Bonchev–Trinajstić information content (AvgIpc) is 3.34. The van der Waals surface area contributed by atoms with E-state index in [1.807, 2.05) is 24.3 Å². The van der Waals surface area contributed by atoms with Gasteiger partial charge in [-0.05, 0) is 61.1 Å². The first kappa shape index (κ1) is 26.4. The molecule has 6 rings (SSSR count). The monoisotopic (exact) mass is 560 g/mol. The quantitative estimate of drug-likeness (QED) is 0.339. The number of nitriles is 1. The molecule has 2 aromatic carbocycles. The zero-order valence-corrected chi connectivity index (χ0v) is 22.1. The molecule has 2 aliphatic carbocycles. The van der Waals surface area contributed by atoms with Crippen LogP contribution in [0.3, 0.4) is 0 Å². The molecule has 0 spiro atoms. The highest BCUT2D eigenvalue weighted by Crippen LogP contribution is 2.41. The second-order valence-corrected chi connectivity index (χ2v) is 10.6. The molecule has 210 valence electrons. The molecule has 0 bridgehead atoms. The molecular formula is C29H26F2N6O4. The third kappa shape index (κ3) is 4.99. The summed E-state index contributed by atoms with van der Waals surface area (Å²) in [4.78, 5) is 30.6. The van der Waals surface area contributed by atoms with Gasteiger partial charge >= 0.3 is 0 Å². The first-order chi connectivity index (χ1) is 19.6. The Bertz CT molecular complexity index is 1680. The zero-order chi connectivity index (χ0) is 28.8. The lowest BCUT2D eigenvalue weighted by atomic mass is 9.78. The average molecular weight is 561 g/mol. The number of nitrogens with one attached hydrogen (secondary N) is 2. The van der Waals surface area contributed by atoms with E-state index in [-0.39, 0.29) is 18.6 Å². The van der Waals surface area contributed by atoms with Crippen LogP contribution in [0.4, 0.5) is 8.78 Å². The van der Waals surface area contributed by atoms with Crippen LogP contribution in [0, 0.1) is 11.3 Å². The van der Waals surface area contributed by atoms with Crippen molar-refractivity contribution in [2.24, 2.45) is 0 Å². The lowest BCUT2D eigenvalue weighted by Crippen LogP contribution is -2.62. The first-order valence-electron chi connectivity index (χ1n) is 13.2. The molecule has 0 aliphatic heterocycles. The molecule has 41 heavy (non-hydrogen) atoms. The zero-order valence-electron chi connectivity index (χ0n) is 22.1. The van der Waals surface area contributed by atoms with Crippen LogP contribution in [0.15, 0.2) is 59.5 Å². The predicted octanol–water partition coefficient (Wildman–Crippen LogP) is 4.54. The topological polar surface area (TPSA) is 135 Å². The molecule has 2 heterocycles. The summed E-state index contributed by atoms with van der Waals surface area (Å²) < 4.78 is 41.0. The van der Waals surface area contributed by atoms with Crippen molar-refractivity contribution in [3.63, 3.8) is 0 Å². The van der Waals surface area contributed by atoms with E-state index in [1.54, 1.807) is 36.3 Å². The summed E-state index contributed by atoms with van der Waals surface area (Å²) in [7, 11) is 1.56. The van der Waals surface area contributed by atoms with Crippen LogP contribution in [0.2, 0.25) is 0 Å². The lowest BCUT2D eigenvalue weighted by Gasteiger charge is -2.39. The lowest BCUT2D eigenvalue weighted by molar-refractivity contribution is -0.133. The van der Waals surface area contributed by atoms with Crippen molar-refractivity contribution in [2.75, 3.05) is 7.11 Å². The summed E-state index contributed by atoms with van der Waals surface area (Å²) in [6.45, 7) is 0. The minimum atomic E-state index is -2.92. The Labute approximate surface area is 233 Å². The summed E-state index contributed by atoms with van der Waals surface area (Å²) in [6, 6.07) is 14.7. The normalized spacial score (nSPS) is 18.3. The molecule has 2 amide bonds. The number of benzene rings is 2. The number of halogens is 2. The van der Waals surface area contributed by atoms with Gasteiger partial charge in [-0.1, -0.05) is 18.2 Å². The van der Waals surface area contributed by atoms with E-state index in [1.165, 1.54) is 6.33 Å². The van der Waals surface area contributed by atoms with Crippen molar-refractivity contribution in [1.82, 2.24) is 25.4 Å². The number of methoxy groups -OCH3 is 1. The SMILES string of the molecule is COc1cc(-c2ccc3cc(C(=O)NC4(C(=O)NC5(C#N)CC5)CCC(F)(F)CC4)oc3c2)ccc1-n1cncn1. The van der Waals surface area contributed by atoms with Gasteiger partial charge in [0.25, 0.3) is 5.91 Å². The van der Waals surface area contributed by atoms with Gasteiger partial charge in [-0.25, -0.2) is 18.4 Å². The van der Waals surface area contributed by atoms with E-state index in [0.29, 0.717) is 35.2 Å². The summed E-state index contributed by atoms with van der Waals surface area (Å²) in [6.07, 6.45) is 2.35. The smallest absolute Gasteiger partial charge is 0.287 e. The number of fused-ring (bicyclic) bond motifs is 1. The molecule has 2 aliphatic rings. The number of alkyl halides is 2. The van der Waals surface area contributed by atoms with E-state index in [2.05, 4.69) is 26.8 Å². The fourth-order valence-electron chi connectivity index (χ4n) is 5.16. The second kappa shape index (κ2) is 9.69. The number of carbonyl (C=O) groups excluding carboxylic acids is 2. The van der Waals surface area contributed by atoms with E-state index >= 15 is 0 Å². The highest BCUT2D eigenvalue weighted by Gasteiger charge is 2.53. The highest BCUT2D eigenvalue weighted by molar-refractivity contribution is 6.01. The van der Waals surface area contributed by atoms with Gasteiger partial charge in [0.15, 0.2) is 5.76 Å². The highest BCUT2D eigenvalue weighted by atomic mass is 19.3. The van der Waals surface area contributed by atoms with Gasteiger partial charge < -0.3 is 19.8 Å². The Balaban J connectivity index is 1.26.